The first-order valence-electron chi connectivity index (χ1n) is 8.34. The molecule has 3 amide bonds. The van der Waals surface area contributed by atoms with Crippen LogP contribution in [0, 0.1) is 5.92 Å². The average molecular weight is 366 g/mol. The lowest BCUT2D eigenvalue weighted by Gasteiger charge is -2.30. The van der Waals surface area contributed by atoms with Gasteiger partial charge in [0.1, 0.15) is 0 Å². The number of carbonyl (C=O) groups excluding carboxylic acids is 2. The number of nitrogens with one attached hydrogen (secondary N) is 1. The topological polar surface area (TPSA) is 89.9 Å². The molecule has 2 heterocycles. The van der Waals surface area contributed by atoms with E-state index in [1.54, 1.807) is 28.0 Å². The maximum atomic E-state index is 12.4. The van der Waals surface area contributed by atoms with Crippen molar-refractivity contribution in [3.63, 3.8) is 0 Å². The number of carbonyl (C=O) groups is 3. The molecule has 2 aliphatic heterocycles. The molecule has 1 aromatic rings. The summed E-state index contributed by atoms with van der Waals surface area (Å²) in [4.78, 5) is 38.6. The second-order valence-corrected chi connectivity index (χ2v) is 6.75. The number of anilines is 2. The number of aliphatic carboxylic acids is 1. The molecule has 0 radical (unpaired) electrons. The lowest BCUT2D eigenvalue weighted by Crippen LogP contribution is -2.42. The number of rotatable bonds is 3. The first-order chi connectivity index (χ1) is 12.0. The van der Waals surface area contributed by atoms with Gasteiger partial charge in [-0.2, -0.15) is 0 Å². The van der Waals surface area contributed by atoms with Crippen molar-refractivity contribution in [2.24, 2.45) is 5.92 Å². The second kappa shape index (κ2) is 7.31. The van der Waals surface area contributed by atoms with E-state index in [0.29, 0.717) is 55.3 Å². The molecule has 0 atom stereocenters. The molecule has 3 rings (SSSR count). The molecule has 25 heavy (non-hydrogen) atoms. The van der Waals surface area contributed by atoms with Gasteiger partial charge in [-0.25, -0.2) is 4.79 Å². The van der Waals surface area contributed by atoms with Crippen LogP contribution in [-0.2, 0) is 9.59 Å². The van der Waals surface area contributed by atoms with Crippen molar-refractivity contribution in [2.45, 2.75) is 25.7 Å². The molecular formula is C17H20ClN3O4. The zero-order valence-corrected chi connectivity index (χ0v) is 14.5. The summed E-state index contributed by atoms with van der Waals surface area (Å²) in [5.74, 6) is -1.14. The van der Waals surface area contributed by atoms with Gasteiger partial charge in [0.2, 0.25) is 5.91 Å². The van der Waals surface area contributed by atoms with Crippen LogP contribution in [0.4, 0.5) is 16.2 Å². The highest BCUT2D eigenvalue weighted by molar-refractivity contribution is 6.33. The van der Waals surface area contributed by atoms with Crippen LogP contribution in [0.1, 0.15) is 25.7 Å². The number of carboxylic acids is 1. The fourth-order valence-electron chi connectivity index (χ4n) is 3.22. The number of likely N-dealkylation sites (tertiary alicyclic amines) is 1. The highest BCUT2D eigenvalue weighted by atomic mass is 35.5. The Bertz CT molecular complexity index is 701. The van der Waals surface area contributed by atoms with Gasteiger partial charge in [0.05, 0.1) is 16.6 Å². The van der Waals surface area contributed by atoms with Crippen LogP contribution in [0.25, 0.3) is 0 Å². The molecule has 0 spiro atoms. The molecule has 8 heteroatoms. The van der Waals surface area contributed by atoms with Crippen LogP contribution in [0.5, 0.6) is 0 Å². The van der Waals surface area contributed by atoms with Crippen LogP contribution in [-0.4, -0.2) is 47.5 Å². The van der Waals surface area contributed by atoms with Gasteiger partial charge in [-0.1, -0.05) is 11.6 Å². The van der Waals surface area contributed by atoms with Gasteiger partial charge in [-0.3, -0.25) is 9.59 Å². The molecule has 0 aliphatic carbocycles. The van der Waals surface area contributed by atoms with Crippen molar-refractivity contribution < 1.29 is 19.5 Å². The van der Waals surface area contributed by atoms with Gasteiger partial charge in [0.25, 0.3) is 0 Å². The number of amides is 3. The Morgan fingerprint density at radius 2 is 1.92 bits per heavy atom. The standard InChI is InChI=1S/C17H20ClN3O4/c18-13-4-3-12(21-7-1-2-15(21)22)10-14(13)19-17(25)20-8-5-11(6-9-20)16(23)24/h3-4,10-11H,1-2,5-9H2,(H,19,25)(H,23,24). The Hall–Kier alpha value is -2.28. The second-order valence-electron chi connectivity index (χ2n) is 6.34. The fraction of sp³-hybridized carbons (Fsp3) is 0.471. The zero-order chi connectivity index (χ0) is 18.0. The van der Waals surface area contributed by atoms with Crippen molar-refractivity contribution in [3.8, 4) is 0 Å². The van der Waals surface area contributed by atoms with Crippen LogP contribution in [0.2, 0.25) is 5.02 Å². The van der Waals surface area contributed by atoms with E-state index < -0.39 is 11.9 Å². The molecule has 7 nitrogen and oxygen atoms in total. The summed E-state index contributed by atoms with van der Waals surface area (Å²) in [6, 6.07) is 4.82. The largest absolute Gasteiger partial charge is 0.481 e. The summed E-state index contributed by atoms with van der Waals surface area (Å²) < 4.78 is 0. The molecule has 0 unspecified atom stereocenters. The Kier molecular flexibility index (Phi) is 5.13. The number of carboxylic acid groups (broad SMARTS) is 1. The highest BCUT2D eigenvalue weighted by Gasteiger charge is 2.27. The number of benzene rings is 1. The van der Waals surface area contributed by atoms with Gasteiger partial charge < -0.3 is 20.2 Å². The van der Waals surface area contributed by atoms with Crippen LogP contribution in [0.3, 0.4) is 0 Å². The van der Waals surface area contributed by atoms with E-state index in [4.69, 9.17) is 16.7 Å². The summed E-state index contributed by atoms with van der Waals surface area (Å²) in [5.41, 5.74) is 1.16. The number of nitrogens with zero attached hydrogens (tertiary/aromatic N) is 2. The van der Waals surface area contributed by atoms with Gasteiger partial charge in [-0.15, -0.1) is 0 Å². The quantitative estimate of drug-likeness (QED) is 0.861. The van der Waals surface area contributed by atoms with Gasteiger partial charge in [0.15, 0.2) is 0 Å². The van der Waals surface area contributed by atoms with Crippen LogP contribution < -0.4 is 10.2 Å². The van der Waals surface area contributed by atoms with E-state index in [1.807, 2.05) is 0 Å². The molecule has 2 saturated heterocycles. The molecule has 2 aliphatic rings. The summed E-state index contributed by atoms with van der Waals surface area (Å²) in [6.45, 7) is 1.45. The Morgan fingerprint density at radius 1 is 1.20 bits per heavy atom. The Labute approximate surface area is 150 Å². The van der Waals surface area contributed by atoms with Crippen molar-refractivity contribution in [1.29, 1.82) is 0 Å². The molecular weight excluding hydrogens is 346 g/mol. The maximum absolute atomic E-state index is 12.4. The number of halogens is 1. The van der Waals surface area contributed by atoms with Crippen LogP contribution >= 0.6 is 11.6 Å². The number of hydrogen-bond donors (Lipinski definition) is 2. The smallest absolute Gasteiger partial charge is 0.321 e. The van der Waals surface area contributed by atoms with Crippen molar-refractivity contribution in [1.82, 2.24) is 4.90 Å². The minimum absolute atomic E-state index is 0.0651. The first kappa shape index (κ1) is 17.5. The molecule has 2 fully saturated rings. The minimum Gasteiger partial charge on any atom is -0.481 e. The van der Waals surface area contributed by atoms with Crippen molar-refractivity contribution in [2.75, 3.05) is 29.9 Å². The lowest BCUT2D eigenvalue weighted by molar-refractivity contribution is -0.143. The maximum Gasteiger partial charge on any atom is 0.321 e. The summed E-state index contributed by atoms with van der Waals surface area (Å²) in [6.07, 6.45) is 2.24. The average Bonchev–Trinajstić information content (AvgIpc) is 3.03. The Balaban J connectivity index is 1.67. The van der Waals surface area contributed by atoms with Crippen molar-refractivity contribution in [3.05, 3.63) is 23.2 Å². The number of hydrogen-bond acceptors (Lipinski definition) is 3. The molecule has 0 aromatic heterocycles. The summed E-state index contributed by atoms with van der Waals surface area (Å²) >= 11 is 6.17. The van der Waals surface area contributed by atoms with Crippen molar-refractivity contribution >= 4 is 40.9 Å². The third kappa shape index (κ3) is 3.87. The SMILES string of the molecule is O=C(O)C1CCN(C(=O)Nc2cc(N3CCCC3=O)ccc2Cl)CC1. The predicted octanol–water partition coefficient (Wildman–Crippen LogP) is 2.80. The number of piperidine rings is 1. The molecule has 0 bridgehead atoms. The van der Waals surface area contributed by atoms with E-state index in [1.165, 1.54) is 0 Å². The van der Waals surface area contributed by atoms with Gasteiger partial charge in [-0.05, 0) is 37.5 Å². The molecule has 2 N–H and O–H groups in total. The minimum atomic E-state index is -0.814. The van der Waals surface area contributed by atoms with Crippen LogP contribution in [0.15, 0.2) is 18.2 Å². The fourth-order valence-corrected chi connectivity index (χ4v) is 3.39. The number of urea groups is 1. The summed E-state index contributed by atoms with van der Waals surface area (Å²) in [5, 5.41) is 12.2. The van der Waals surface area contributed by atoms with E-state index in [-0.39, 0.29) is 11.9 Å². The monoisotopic (exact) mass is 365 g/mol. The third-order valence-corrected chi connectivity index (χ3v) is 5.04. The van der Waals surface area contributed by atoms with E-state index in [9.17, 15) is 14.4 Å². The highest BCUT2D eigenvalue weighted by Crippen LogP contribution is 2.30. The Morgan fingerprint density at radius 3 is 2.52 bits per heavy atom. The van der Waals surface area contributed by atoms with Gasteiger partial charge >= 0.3 is 12.0 Å². The molecule has 0 saturated carbocycles. The lowest BCUT2D eigenvalue weighted by atomic mass is 9.97. The predicted molar refractivity (Wildman–Crippen MR) is 94.0 cm³/mol. The molecule has 134 valence electrons. The van der Waals surface area contributed by atoms with E-state index in [2.05, 4.69) is 5.32 Å². The zero-order valence-electron chi connectivity index (χ0n) is 13.7. The third-order valence-electron chi connectivity index (χ3n) is 4.71. The van der Waals surface area contributed by atoms with Gasteiger partial charge in [0, 0.05) is 31.7 Å². The van der Waals surface area contributed by atoms with E-state index in [0.717, 1.165) is 6.42 Å². The first-order valence-corrected chi connectivity index (χ1v) is 8.72. The molecule has 1 aromatic carbocycles. The summed E-state index contributed by atoms with van der Waals surface area (Å²) in [7, 11) is 0. The normalized spacial score (nSPS) is 18.5. The van der Waals surface area contributed by atoms with E-state index >= 15 is 0 Å².